The molecule has 0 spiro atoms. The first kappa shape index (κ1) is 19.1. The molecule has 0 atom stereocenters. The third-order valence-corrected chi connectivity index (χ3v) is 3.97. The highest BCUT2D eigenvalue weighted by Gasteiger charge is 2.10. The van der Waals surface area contributed by atoms with Crippen LogP contribution in [0.5, 0.6) is 11.5 Å². The summed E-state index contributed by atoms with van der Waals surface area (Å²) in [4.78, 5) is 14.6. The number of likely N-dealkylation sites (N-methyl/N-ethyl adjacent to an activating group) is 1. The lowest BCUT2D eigenvalue weighted by Gasteiger charge is -2.09. The monoisotopic (exact) mass is 375 g/mol. The first-order chi connectivity index (χ1) is 13.5. The van der Waals surface area contributed by atoms with E-state index in [-0.39, 0.29) is 5.91 Å². The topological polar surface area (TPSA) is 83.2 Å². The van der Waals surface area contributed by atoms with E-state index < -0.39 is 0 Å². The SMILES string of the molecule is CN(C)CCn1ccc(NC(=O)c2cccc(Oc3ccc(C#N)cc3)c2)n1. The Morgan fingerprint density at radius 3 is 2.68 bits per heavy atom. The van der Waals surface area contributed by atoms with Crippen LogP contribution in [0, 0.1) is 11.3 Å². The number of hydrogen-bond acceptors (Lipinski definition) is 5. The molecule has 1 amide bonds. The summed E-state index contributed by atoms with van der Waals surface area (Å²) < 4.78 is 7.56. The molecule has 0 bridgehead atoms. The van der Waals surface area contributed by atoms with Crippen molar-refractivity contribution in [1.82, 2.24) is 14.7 Å². The van der Waals surface area contributed by atoms with Crippen molar-refractivity contribution in [3.63, 3.8) is 0 Å². The van der Waals surface area contributed by atoms with Crippen molar-refractivity contribution in [2.75, 3.05) is 26.0 Å². The fraction of sp³-hybridized carbons (Fsp3) is 0.190. The molecule has 0 fully saturated rings. The molecule has 0 aliphatic rings. The van der Waals surface area contributed by atoms with Crippen molar-refractivity contribution >= 4 is 11.7 Å². The van der Waals surface area contributed by atoms with Crippen molar-refractivity contribution in [3.8, 4) is 17.6 Å². The van der Waals surface area contributed by atoms with Gasteiger partial charge in [-0.1, -0.05) is 6.07 Å². The van der Waals surface area contributed by atoms with Crippen LogP contribution < -0.4 is 10.1 Å². The fourth-order valence-corrected chi connectivity index (χ4v) is 2.48. The molecule has 0 radical (unpaired) electrons. The van der Waals surface area contributed by atoms with Crippen molar-refractivity contribution in [2.24, 2.45) is 0 Å². The van der Waals surface area contributed by atoms with Crippen molar-refractivity contribution in [2.45, 2.75) is 6.54 Å². The van der Waals surface area contributed by atoms with Gasteiger partial charge in [0.1, 0.15) is 11.5 Å². The van der Waals surface area contributed by atoms with Gasteiger partial charge < -0.3 is 15.0 Å². The Morgan fingerprint density at radius 1 is 1.18 bits per heavy atom. The molecule has 7 nitrogen and oxygen atoms in total. The summed E-state index contributed by atoms with van der Waals surface area (Å²) in [5.74, 6) is 1.37. The molecule has 2 aromatic carbocycles. The minimum Gasteiger partial charge on any atom is -0.457 e. The van der Waals surface area contributed by atoms with E-state index in [2.05, 4.69) is 21.4 Å². The van der Waals surface area contributed by atoms with E-state index in [9.17, 15) is 4.79 Å². The lowest BCUT2D eigenvalue weighted by molar-refractivity contribution is 0.102. The molecule has 28 heavy (non-hydrogen) atoms. The smallest absolute Gasteiger partial charge is 0.256 e. The van der Waals surface area contributed by atoms with Crippen LogP contribution in [0.15, 0.2) is 60.8 Å². The molecule has 0 aliphatic heterocycles. The number of nitrogens with one attached hydrogen (secondary N) is 1. The van der Waals surface area contributed by atoms with E-state index in [0.29, 0.717) is 28.4 Å². The normalized spacial score (nSPS) is 10.5. The molecule has 3 aromatic rings. The van der Waals surface area contributed by atoms with E-state index in [1.54, 1.807) is 59.3 Å². The van der Waals surface area contributed by atoms with Gasteiger partial charge in [-0.15, -0.1) is 0 Å². The van der Waals surface area contributed by atoms with Gasteiger partial charge in [-0.05, 0) is 56.6 Å². The standard InChI is InChI=1S/C21H21N5O2/c1-25(2)12-13-26-11-10-20(24-26)23-21(27)17-4-3-5-19(14-17)28-18-8-6-16(15-22)7-9-18/h3-11,14H,12-13H2,1-2H3,(H,23,24,27). The number of anilines is 1. The highest BCUT2D eigenvalue weighted by Crippen LogP contribution is 2.23. The van der Waals surface area contributed by atoms with Gasteiger partial charge in [0, 0.05) is 24.4 Å². The van der Waals surface area contributed by atoms with Crippen molar-refractivity contribution < 1.29 is 9.53 Å². The van der Waals surface area contributed by atoms with Crippen LogP contribution in [0.1, 0.15) is 15.9 Å². The lowest BCUT2D eigenvalue weighted by atomic mass is 10.2. The Labute approximate surface area is 163 Å². The van der Waals surface area contributed by atoms with E-state index >= 15 is 0 Å². The molecule has 0 unspecified atom stereocenters. The van der Waals surface area contributed by atoms with Gasteiger partial charge in [0.15, 0.2) is 5.82 Å². The van der Waals surface area contributed by atoms with Gasteiger partial charge in [0.05, 0.1) is 18.2 Å². The van der Waals surface area contributed by atoms with Gasteiger partial charge in [0.2, 0.25) is 0 Å². The molecular formula is C21H21N5O2. The zero-order chi connectivity index (χ0) is 19.9. The quantitative estimate of drug-likeness (QED) is 0.685. The maximum Gasteiger partial charge on any atom is 0.256 e. The minimum atomic E-state index is -0.261. The van der Waals surface area contributed by atoms with Crippen LogP contribution in [0.3, 0.4) is 0 Å². The molecule has 7 heteroatoms. The summed E-state index contributed by atoms with van der Waals surface area (Å²) in [6.45, 7) is 1.61. The van der Waals surface area contributed by atoms with E-state index in [4.69, 9.17) is 10.00 Å². The highest BCUT2D eigenvalue weighted by atomic mass is 16.5. The predicted molar refractivity (Wildman–Crippen MR) is 106 cm³/mol. The second-order valence-electron chi connectivity index (χ2n) is 6.49. The van der Waals surface area contributed by atoms with Crippen LogP contribution in [0.4, 0.5) is 5.82 Å². The summed E-state index contributed by atoms with van der Waals surface area (Å²) in [5.41, 5.74) is 1.03. The average Bonchev–Trinajstić information content (AvgIpc) is 3.14. The molecule has 3 rings (SSSR count). The molecule has 142 valence electrons. The van der Waals surface area contributed by atoms with E-state index in [1.165, 1.54) is 0 Å². The fourth-order valence-electron chi connectivity index (χ4n) is 2.48. The van der Waals surface area contributed by atoms with Gasteiger partial charge in [-0.25, -0.2) is 0 Å². The highest BCUT2D eigenvalue weighted by molar-refractivity contribution is 6.03. The van der Waals surface area contributed by atoms with Crippen LogP contribution in [0.25, 0.3) is 0 Å². The van der Waals surface area contributed by atoms with Crippen LogP contribution in [-0.2, 0) is 6.54 Å². The number of aromatic nitrogens is 2. The summed E-state index contributed by atoms with van der Waals surface area (Å²) >= 11 is 0. The van der Waals surface area contributed by atoms with Crippen molar-refractivity contribution in [3.05, 3.63) is 71.9 Å². The molecular weight excluding hydrogens is 354 g/mol. The first-order valence-corrected chi connectivity index (χ1v) is 8.81. The maximum atomic E-state index is 12.5. The number of amides is 1. The average molecular weight is 375 g/mol. The minimum absolute atomic E-state index is 0.261. The number of carbonyl (C=O) groups is 1. The van der Waals surface area contributed by atoms with Gasteiger partial charge in [0.25, 0.3) is 5.91 Å². The van der Waals surface area contributed by atoms with Crippen molar-refractivity contribution in [1.29, 1.82) is 5.26 Å². The molecule has 0 aliphatic carbocycles. The molecule has 1 heterocycles. The molecule has 0 saturated heterocycles. The molecule has 0 saturated carbocycles. The number of nitriles is 1. The van der Waals surface area contributed by atoms with Crippen LogP contribution >= 0.6 is 0 Å². The summed E-state index contributed by atoms with van der Waals surface area (Å²) in [5, 5.41) is 16.0. The molecule has 1 N–H and O–H groups in total. The third kappa shape index (κ3) is 5.19. The Kier molecular flexibility index (Phi) is 6.04. The Bertz CT molecular complexity index is 987. The van der Waals surface area contributed by atoms with Crippen LogP contribution in [0.2, 0.25) is 0 Å². The number of rotatable bonds is 7. The Balaban J connectivity index is 1.64. The largest absolute Gasteiger partial charge is 0.457 e. The number of benzene rings is 2. The Hall–Kier alpha value is -3.63. The number of hydrogen-bond donors (Lipinski definition) is 1. The van der Waals surface area contributed by atoms with E-state index in [1.807, 2.05) is 20.3 Å². The number of nitrogens with zero attached hydrogens (tertiary/aromatic N) is 4. The van der Waals surface area contributed by atoms with E-state index in [0.717, 1.165) is 13.1 Å². The summed E-state index contributed by atoms with van der Waals surface area (Å²) in [6, 6.07) is 17.5. The Morgan fingerprint density at radius 2 is 1.96 bits per heavy atom. The van der Waals surface area contributed by atoms with Gasteiger partial charge in [-0.2, -0.15) is 10.4 Å². The lowest BCUT2D eigenvalue weighted by Crippen LogP contribution is -2.19. The second kappa shape index (κ2) is 8.84. The second-order valence-corrected chi connectivity index (χ2v) is 6.49. The third-order valence-electron chi connectivity index (χ3n) is 3.97. The van der Waals surface area contributed by atoms with Gasteiger partial charge >= 0.3 is 0 Å². The molecule has 1 aromatic heterocycles. The zero-order valence-corrected chi connectivity index (χ0v) is 15.8. The maximum absolute atomic E-state index is 12.5. The summed E-state index contributed by atoms with van der Waals surface area (Å²) in [7, 11) is 4.00. The zero-order valence-electron chi connectivity index (χ0n) is 15.8. The predicted octanol–water partition coefficient (Wildman–Crippen LogP) is 3.36. The number of carbonyl (C=O) groups excluding carboxylic acids is 1. The van der Waals surface area contributed by atoms with Crippen LogP contribution in [-0.4, -0.2) is 41.2 Å². The van der Waals surface area contributed by atoms with Gasteiger partial charge in [-0.3, -0.25) is 9.48 Å². The number of ether oxygens (including phenoxy) is 1. The summed E-state index contributed by atoms with van der Waals surface area (Å²) in [6.07, 6.45) is 1.84. The first-order valence-electron chi connectivity index (χ1n) is 8.81.